The summed E-state index contributed by atoms with van der Waals surface area (Å²) < 4.78 is 6.17. The Balaban J connectivity index is 1.57. The third-order valence-corrected chi connectivity index (χ3v) is 7.47. The highest BCUT2D eigenvalue weighted by Crippen LogP contribution is 2.84. The van der Waals surface area contributed by atoms with Gasteiger partial charge in [-0.1, -0.05) is 20.8 Å². The molecule has 7 unspecified atom stereocenters. The Morgan fingerprint density at radius 3 is 2.59 bits per heavy atom. The molecule has 7 atom stereocenters. The summed E-state index contributed by atoms with van der Waals surface area (Å²) in [4.78, 5) is 12.9. The fourth-order valence-corrected chi connectivity index (χ4v) is 5.96. The van der Waals surface area contributed by atoms with Crippen molar-refractivity contribution in [1.82, 2.24) is 5.32 Å². The average molecular weight is 307 g/mol. The molecule has 0 amide bonds. The normalized spacial score (nSPS) is 53.8. The highest BCUT2D eigenvalue weighted by Gasteiger charge is 2.84. The molecule has 4 rings (SSSR count). The fraction of sp³-hybridized carbons (Fsp3) is 0.941. The fourth-order valence-electron chi connectivity index (χ4n) is 5.96. The van der Waals surface area contributed by atoms with E-state index in [1.54, 1.807) is 0 Å². The van der Waals surface area contributed by atoms with E-state index in [-0.39, 0.29) is 11.6 Å². The molecule has 0 radical (unpaired) electrons. The van der Waals surface area contributed by atoms with Crippen LogP contribution in [-0.2, 0) is 9.53 Å². The van der Waals surface area contributed by atoms with Crippen molar-refractivity contribution >= 4 is 5.97 Å². The molecule has 0 aromatic carbocycles. The minimum atomic E-state index is -1.12. The lowest BCUT2D eigenvalue weighted by atomic mass is 9.61. The maximum atomic E-state index is 12.9. The summed E-state index contributed by atoms with van der Waals surface area (Å²) in [5, 5.41) is 3.05. The first-order valence-corrected chi connectivity index (χ1v) is 8.84. The van der Waals surface area contributed by atoms with Gasteiger partial charge in [-0.3, -0.25) is 5.32 Å². The number of esters is 1. The Hall–Kier alpha value is -0.650. The Morgan fingerprint density at radius 1 is 1.36 bits per heavy atom. The molecule has 1 spiro atoms. The van der Waals surface area contributed by atoms with Gasteiger partial charge in [-0.05, 0) is 43.4 Å². The molecule has 22 heavy (non-hydrogen) atoms. The van der Waals surface area contributed by atoms with Gasteiger partial charge in [-0.2, -0.15) is 0 Å². The second-order valence-corrected chi connectivity index (χ2v) is 8.44. The van der Waals surface area contributed by atoms with E-state index in [2.05, 4.69) is 19.2 Å². The van der Waals surface area contributed by atoms with E-state index in [4.69, 9.17) is 16.2 Å². The summed E-state index contributed by atoms with van der Waals surface area (Å²) in [5.74, 6) is 1.55. The van der Waals surface area contributed by atoms with Gasteiger partial charge in [-0.25, -0.2) is 4.79 Å². The first-order chi connectivity index (χ1) is 10.3. The van der Waals surface area contributed by atoms with Crippen molar-refractivity contribution in [3.8, 4) is 0 Å². The van der Waals surface area contributed by atoms with Gasteiger partial charge >= 0.3 is 5.97 Å². The SMILES string of the molecule is CCC1(OC(=O)C(N)(CC)C2(N)CN2)C2CC(C)CC23CC31. The minimum Gasteiger partial charge on any atom is -0.457 e. The molecule has 3 saturated carbocycles. The summed E-state index contributed by atoms with van der Waals surface area (Å²) in [6, 6.07) is 0. The largest absolute Gasteiger partial charge is 0.457 e. The summed E-state index contributed by atoms with van der Waals surface area (Å²) in [6.45, 7) is 6.97. The first-order valence-electron chi connectivity index (χ1n) is 8.84. The van der Waals surface area contributed by atoms with Gasteiger partial charge in [0.1, 0.15) is 16.8 Å². The quantitative estimate of drug-likeness (QED) is 0.522. The zero-order valence-corrected chi connectivity index (χ0v) is 13.9. The van der Waals surface area contributed by atoms with Crippen LogP contribution in [0.4, 0.5) is 0 Å². The Bertz CT molecular complexity index is 534. The Morgan fingerprint density at radius 2 is 2.05 bits per heavy atom. The third kappa shape index (κ3) is 1.48. The van der Waals surface area contributed by atoms with E-state index in [9.17, 15) is 4.79 Å². The number of hydrogen-bond donors (Lipinski definition) is 3. The van der Waals surface area contributed by atoms with Crippen LogP contribution in [0.2, 0.25) is 0 Å². The summed E-state index contributed by atoms with van der Waals surface area (Å²) in [7, 11) is 0. The van der Waals surface area contributed by atoms with E-state index >= 15 is 0 Å². The monoisotopic (exact) mass is 307 g/mol. The standard InChI is InChI=1S/C17H29N3O2/c1-4-15(11-6-10(3)7-14(11)8-12(14)15)22-13(21)16(18,5-2)17(19)9-20-17/h10-12,20H,4-9,18-19H2,1-3H3. The number of ether oxygens (including phenoxy) is 1. The third-order valence-electron chi connectivity index (χ3n) is 7.47. The zero-order chi connectivity index (χ0) is 16.0. The van der Waals surface area contributed by atoms with Crippen molar-refractivity contribution in [2.24, 2.45) is 34.6 Å². The number of nitrogens with two attached hydrogens (primary N) is 2. The first kappa shape index (κ1) is 14.9. The van der Waals surface area contributed by atoms with Crippen LogP contribution in [0.15, 0.2) is 0 Å². The van der Waals surface area contributed by atoms with Crippen LogP contribution in [0, 0.1) is 23.2 Å². The number of hydrogen-bond acceptors (Lipinski definition) is 5. The van der Waals surface area contributed by atoms with Crippen molar-refractivity contribution < 1.29 is 9.53 Å². The predicted octanol–water partition coefficient (Wildman–Crippen LogP) is 1.11. The van der Waals surface area contributed by atoms with Crippen LogP contribution >= 0.6 is 0 Å². The average Bonchev–Trinajstić information content (AvgIpc) is 3.35. The van der Waals surface area contributed by atoms with Gasteiger partial charge in [0.05, 0.1) is 0 Å². The van der Waals surface area contributed by atoms with Crippen molar-refractivity contribution in [3.05, 3.63) is 0 Å². The second-order valence-electron chi connectivity index (χ2n) is 8.44. The van der Waals surface area contributed by atoms with E-state index in [1.165, 1.54) is 19.3 Å². The van der Waals surface area contributed by atoms with Gasteiger partial charge in [0.25, 0.3) is 0 Å². The molecule has 1 heterocycles. The Kier molecular flexibility index (Phi) is 2.75. The topological polar surface area (TPSA) is 100 Å². The molecule has 5 nitrogen and oxygen atoms in total. The molecule has 1 aliphatic heterocycles. The van der Waals surface area contributed by atoms with Crippen LogP contribution in [0.3, 0.4) is 0 Å². The van der Waals surface area contributed by atoms with Gasteiger partial charge in [0, 0.05) is 18.4 Å². The lowest BCUT2D eigenvalue weighted by Crippen LogP contribution is -2.68. The Labute approximate surface area is 132 Å². The molecule has 124 valence electrons. The van der Waals surface area contributed by atoms with Crippen LogP contribution in [0.1, 0.15) is 52.9 Å². The maximum absolute atomic E-state index is 12.9. The highest BCUT2D eigenvalue weighted by atomic mass is 16.6. The zero-order valence-electron chi connectivity index (χ0n) is 13.9. The molecule has 4 fully saturated rings. The molecule has 0 aromatic rings. The van der Waals surface area contributed by atoms with Crippen molar-refractivity contribution in [3.63, 3.8) is 0 Å². The smallest absolute Gasteiger partial charge is 0.330 e. The lowest BCUT2D eigenvalue weighted by molar-refractivity contribution is -0.203. The number of nitrogens with one attached hydrogen (secondary N) is 1. The van der Waals surface area contributed by atoms with Gasteiger partial charge in [-0.15, -0.1) is 0 Å². The van der Waals surface area contributed by atoms with E-state index in [0.29, 0.717) is 30.2 Å². The minimum absolute atomic E-state index is 0.271. The van der Waals surface area contributed by atoms with E-state index in [1.807, 2.05) is 6.92 Å². The highest BCUT2D eigenvalue weighted by molar-refractivity contribution is 5.84. The van der Waals surface area contributed by atoms with Crippen molar-refractivity contribution in [1.29, 1.82) is 0 Å². The lowest BCUT2D eigenvalue weighted by Gasteiger charge is -2.52. The molecule has 3 aliphatic carbocycles. The molecule has 0 bridgehead atoms. The predicted molar refractivity (Wildman–Crippen MR) is 83.7 cm³/mol. The second kappa shape index (κ2) is 4.05. The van der Waals surface area contributed by atoms with E-state index < -0.39 is 11.2 Å². The molecule has 1 saturated heterocycles. The summed E-state index contributed by atoms with van der Waals surface area (Å²) in [6.07, 6.45) is 5.12. The molecule has 5 N–H and O–H groups in total. The van der Waals surface area contributed by atoms with Crippen LogP contribution in [0.5, 0.6) is 0 Å². The van der Waals surface area contributed by atoms with Crippen LogP contribution < -0.4 is 16.8 Å². The molecular formula is C17H29N3O2. The molecule has 0 aromatic heterocycles. The van der Waals surface area contributed by atoms with Crippen molar-refractivity contribution in [2.45, 2.75) is 69.7 Å². The van der Waals surface area contributed by atoms with Crippen LogP contribution in [-0.4, -0.2) is 29.3 Å². The van der Waals surface area contributed by atoms with Crippen LogP contribution in [0.25, 0.3) is 0 Å². The molecule has 5 heteroatoms. The molecular weight excluding hydrogens is 278 g/mol. The summed E-state index contributed by atoms with van der Waals surface area (Å²) >= 11 is 0. The number of carbonyl (C=O) groups is 1. The number of rotatable bonds is 5. The maximum Gasteiger partial charge on any atom is 0.330 e. The van der Waals surface area contributed by atoms with Gasteiger partial charge in [0.15, 0.2) is 0 Å². The van der Waals surface area contributed by atoms with E-state index in [0.717, 1.165) is 12.3 Å². The molecule has 4 aliphatic rings. The van der Waals surface area contributed by atoms with Gasteiger partial charge in [0.2, 0.25) is 0 Å². The summed E-state index contributed by atoms with van der Waals surface area (Å²) in [5.41, 5.74) is 10.9. The number of carbonyl (C=O) groups excluding carboxylic acids is 1. The van der Waals surface area contributed by atoms with Crippen molar-refractivity contribution in [2.75, 3.05) is 6.54 Å². The van der Waals surface area contributed by atoms with Gasteiger partial charge < -0.3 is 16.2 Å².